The molecule has 1 heterocycles. The van der Waals surface area contributed by atoms with Crippen LogP contribution in [0.4, 0.5) is 5.82 Å². The Labute approximate surface area is 102 Å². The van der Waals surface area contributed by atoms with Gasteiger partial charge in [-0.2, -0.15) is 0 Å². The molecule has 90 valence electrons. The van der Waals surface area contributed by atoms with Crippen LogP contribution in [0.5, 0.6) is 0 Å². The van der Waals surface area contributed by atoms with Crippen LogP contribution in [0.15, 0.2) is 36.4 Å². The van der Waals surface area contributed by atoms with Crippen molar-refractivity contribution in [1.29, 1.82) is 0 Å². The first-order valence-corrected chi connectivity index (χ1v) is 5.95. The summed E-state index contributed by atoms with van der Waals surface area (Å²) in [6, 6.07) is 12.4. The Hall–Kier alpha value is -1.61. The van der Waals surface area contributed by atoms with Crippen LogP contribution in [-0.4, -0.2) is 31.8 Å². The summed E-state index contributed by atoms with van der Waals surface area (Å²) in [7, 11) is 1.72. The number of anilines is 1. The molecule has 0 saturated carbocycles. The molecule has 3 nitrogen and oxygen atoms in total. The topological polar surface area (TPSA) is 25.4 Å². The zero-order valence-corrected chi connectivity index (χ0v) is 10.4. The maximum atomic E-state index is 5.11. The van der Waals surface area contributed by atoms with Gasteiger partial charge in [0.1, 0.15) is 5.82 Å². The third-order valence-electron chi connectivity index (χ3n) is 2.85. The van der Waals surface area contributed by atoms with Crippen molar-refractivity contribution in [2.45, 2.75) is 6.92 Å². The maximum absolute atomic E-state index is 5.11. The number of pyridine rings is 1. The van der Waals surface area contributed by atoms with E-state index in [9.17, 15) is 0 Å². The molecule has 2 rings (SSSR count). The zero-order chi connectivity index (χ0) is 12.1. The Balaban J connectivity index is 2.27. The van der Waals surface area contributed by atoms with Gasteiger partial charge < -0.3 is 9.64 Å². The molecule has 2 aromatic rings. The third-order valence-corrected chi connectivity index (χ3v) is 2.85. The minimum absolute atomic E-state index is 0.725. The van der Waals surface area contributed by atoms with E-state index >= 15 is 0 Å². The Kier molecular flexibility index (Phi) is 3.94. The highest BCUT2D eigenvalue weighted by Gasteiger charge is 2.05. The number of fused-ring (bicyclic) bond motifs is 1. The Morgan fingerprint density at radius 1 is 1.18 bits per heavy atom. The summed E-state index contributed by atoms with van der Waals surface area (Å²) in [6.07, 6.45) is 0. The van der Waals surface area contributed by atoms with Gasteiger partial charge in [-0.25, -0.2) is 4.98 Å². The molecule has 0 amide bonds. The normalized spacial score (nSPS) is 10.7. The van der Waals surface area contributed by atoms with Gasteiger partial charge in [0, 0.05) is 25.6 Å². The second kappa shape index (κ2) is 5.64. The molecule has 0 radical (unpaired) electrons. The molecule has 0 atom stereocenters. The lowest BCUT2D eigenvalue weighted by Gasteiger charge is -2.21. The molecule has 0 spiro atoms. The van der Waals surface area contributed by atoms with Crippen LogP contribution in [0.2, 0.25) is 0 Å². The summed E-state index contributed by atoms with van der Waals surface area (Å²) in [4.78, 5) is 6.89. The van der Waals surface area contributed by atoms with Gasteiger partial charge in [-0.05, 0) is 25.1 Å². The zero-order valence-electron chi connectivity index (χ0n) is 10.4. The second-order valence-corrected chi connectivity index (χ2v) is 3.93. The highest BCUT2D eigenvalue weighted by atomic mass is 16.5. The van der Waals surface area contributed by atoms with Crippen LogP contribution in [0.25, 0.3) is 10.9 Å². The number of ether oxygens (including phenoxy) is 1. The van der Waals surface area contributed by atoms with Crippen molar-refractivity contribution in [3.05, 3.63) is 36.4 Å². The van der Waals surface area contributed by atoms with E-state index in [1.165, 1.54) is 5.39 Å². The van der Waals surface area contributed by atoms with Crippen LogP contribution < -0.4 is 4.90 Å². The quantitative estimate of drug-likeness (QED) is 0.789. The number of aromatic nitrogens is 1. The molecule has 0 bridgehead atoms. The predicted octanol–water partition coefficient (Wildman–Crippen LogP) is 2.71. The van der Waals surface area contributed by atoms with Crippen LogP contribution in [0.3, 0.4) is 0 Å². The number of hydrogen-bond donors (Lipinski definition) is 0. The number of rotatable bonds is 5. The molecule has 0 aliphatic rings. The van der Waals surface area contributed by atoms with Crippen molar-refractivity contribution in [2.24, 2.45) is 0 Å². The van der Waals surface area contributed by atoms with Crippen molar-refractivity contribution in [3.8, 4) is 0 Å². The minimum Gasteiger partial charge on any atom is -0.383 e. The number of nitrogens with zero attached hydrogens (tertiary/aromatic N) is 2. The SMILES string of the molecule is CCN(CCOC)c1ccc2ccccc2n1. The number of benzene rings is 1. The fraction of sp³-hybridized carbons (Fsp3) is 0.357. The molecule has 0 saturated heterocycles. The van der Waals surface area contributed by atoms with E-state index in [4.69, 9.17) is 4.74 Å². The molecule has 17 heavy (non-hydrogen) atoms. The molecule has 1 aromatic carbocycles. The molecule has 0 fully saturated rings. The third kappa shape index (κ3) is 2.74. The molecule has 0 aliphatic carbocycles. The lowest BCUT2D eigenvalue weighted by molar-refractivity contribution is 0.205. The lowest BCUT2D eigenvalue weighted by atomic mass is 10.2. The molecular weight excluding hydrogens is 212 g/mol. The number of methoxy groups -OCH3 is 1. The van der Waals surface area contributed by atoms with E-state index in [0.717, 1.165) is 31.0 Å². The van der Waals surface area contributed by atoms with Crippen LogP contribution in [-0.2, 0) is 4.74 Å². The lowest BCUT2D eigenvalue weighted by Crippen LogP contribution is -2.27. The first-order chi connectivity index (χ1) is 8.35. The van der Waals surface area contributed by atoms with Gasteiger partial charge >= 0.3 is 0 Å². The van der Waals surface area contributed by atoms with Crippen LogP contribution in [0, 0.1) is 0 Å². The highest BCUT2D eigenvalue weighted by Crippen LogP contribution is 2.17. The number of likely N-dealkylation sites (N-methyl/N-ethyl adjacent to an activating group) is 1. The predicted molar refractivity (Wildman–Crippen MR) is 71.5 cm³/mol. The molecule has 0 unspecified atom stereocenters. The van der Waals surface area contributed by atoms with Crippen LogP contribution in [0.1, 0.15) is 6.92 Å². The maximum Gasteiger partial charge on any atom is 0.129 e. The van der Waals surface area contributed by atoms with Crippen molar-refractivity contribution < 1.29 is 4.74 Å². The largest absolute Gasteiger partial charge is 0.383 e. The fourth-order valence-electron chi connectivity index (χ4n) is 1.87. The smallest absolute Gasteiger partial charge is 0.129 e. The number of para-hydroxylation sites is 1. The van der Waals surface area contributed by atoms with Crippen molar-refractivity contribution >= 4 is 16.7 Å². The van der Waals surface area contributed by atoms with Gasteiger partial charge in [0.05, 0.1) is 12.1 Å². The summed E-state index contributed by atoms with van der Waals surface area (Å²) < 4.78 is 5.11. The van der Waals surface area contributed by atoms with Gasteiger partial charge in [-0.1, -0.05) is 18.2 Å². The Morgan fingerprint density at radius 2 is 2.00 bits per heavy atom. The summed E-state index contributed by atoms with van der Waals surface area (Å²) in [5.74, 6) is 1.02. The Morgan fingerprint density at radius 3 is 2.76 bits per heavy atom. The van der Waals surface area contributed by atoms with E-state index in [1.807, 2.05) is 18.2 Å². The van der Waals surface area contributed by atoms with Crippen molar-refractivity contribution in [2.75, 3.05) is 31.7 Å². The van der Waals surface area contributed by atoms with Gasteiger partial charge in [0.15, 0.2) is 0 Å². The van der Waals surface area contributed by atoms with E-state index in [2.05, 4.69) is 35.0 Å². The van der Waals surface area contributed by atoms with Gasteiger partial charge in [0.25, 0.3) is 0 Å². The summed E-state index contributed by atoms with van der Waals surface area (Å²) >= 11 is 0. The first kappa shape index (κ1) is 11.9. The van der Waals surface area contributed by atoms with Crippen molar-refractivity contribution in [1.82, 2.24) is 4.98 Å². The summed E-state index contributed by atoms with van der Waals surface area (Å²) in [5, 5.41) is 1.18. The van der Waals surface area contributed by atoms with E-state index in [0.29, 0.717) is 0 Å². The minimum atomic E-state index is 0.725. The number of hydrogen-bond acceptors (Lipinski definition) is 3. The average Bonchev–Trinajstić information content (AvgIpc) is 2.39. The van der Waals surface area contributed by atoms with Gasteiger partial charge in [-0.15, -0.1) is 0 Å². The monoisotopic (exact) mass is 230 g/mol. The van der Waals surface area contributed by atoms with E-state index < -0.39 is 0 Å². The first-order valence-electron chi connectivity index (χ1n) is 5.95. The van der Waals surface area contributed by atoms with Gasteiger partial charge in [-0.3, -0.25) is 0 Å². The van der Waals surface area contributed by atoms with Crippen molar-refractivity contribution in [3.63, 3.8) is 0 Å². The fourth-order valence-corrected chi connectivity index (χ4v) is 1.87. The van der Waals surface area contributed by atoms with Crippen LogP contribution >= 0.6 is 0 Å². The molecular formula is C14H18N2O. The molecule has 0 aliphatic heterocycles. The van der Waals surface area contributed by atoms with E-state index in [1.54, 1.807) is 7.11 Å². The molecule has 0 N–H and O–H groups in total. The summed E-state index contributed by atoms with van der Waals surface area (Å²) in [6.45, 7) is 4.67. The van der Waals surface area contributed by atoms with E-state index in [-0.39, 0.29) is 0 Å². The summed E-state index contributed by atoms with van der Waals surface area (Å²) in [5.41, 5.74) is 1.04. The second-order valence-electron chi connectivity index (χ2n) is 3.93. The standard InChI is InChI=1S/C14H18N2O/c1-3-16(10-11-17-2)14-9-8-12-6-4-5-7-13(12)15-14/h4-9H,3,10-11H2,1-2H3. The van der Waals surface area contributed by atoms with Gasteiger partial charge in [0.2, 0.25) is 0 Å². The molecule has 3 heteroatoms. The highest BCUT2D eigenvalue weighted by molar-refractivity contribution is 5.80. The Bertz CT molecular complexity index is 484. The average molecular weight is 230 g/mol. The molecule has 1 aromatic heterocycles.